The second-order valence-electron chi connectivity index (χ2n) is 4.18. The molecule has 1 unspecified atom stereocenters. The van der Waals surface area contributed by atoms with Crippen molar-refractivity contribution in [2.45, 2.75) is 12.5 Å². The number of rotatable bonds is 3. The summed E-state index contributed by atoms with van der Waals surface area (Å²) in [7, 11) is 0. The van der Waals surface area contributed by atoms with Gasteiger partial charge >= 0.3 is 0 Å². The third-order valence-corrected chi connectivity index (χ3v) is 4.51. The summed E-state index contributed by atoms with van der Waals surface area (Å²) < 4.78 is 0.924. The second-order valence-corrected chi connectivity index (χ2v) is 6.28. The molecule has 5 heteroatoms. The van der Waals surface area contributed by atoms with Crippen LogP contribution in [0.4, 0.5) is 0 Å². The van der Waals surface area contributed by atoms with Crippen LogP contribution in [-0.2, 0) is 6.42 Å². The zero-order valence-electron chi connectivity index (χ0n) is 9.84. The number of hydrogen-bond donors (Lipinski definition) is 1. The van der Waals surface area contributed by atoms with Gasteiger partial charge in [-0.1, -0.05) is 56.8 Å². The van der Waals surface area contributed by atoms with Crippen LogP contribution in [0.5, 0.6) is 0 Å². The van der Waals surface area contributed by atoms with Gasteiger partial charge in [0.05, 0.1) is 0 Å². The van der Waals surface area contributed by atoms with Gasteiger partial charge in [-0.05, 0) is 47.9 Å². The van der Waals surface area contributed by atoms with Gasteiger partial charge in [0.15, 0.2) is 0 Å². The summed E-state index contributed by atoms with van der Waals surface area (Å²) in [5.41, 5.74) is 8.01. The molecule has 2 N–H and O–H groups in total. The third-order valence-electron chi connectivity index (χ3n) is 2.84. The molecule has 2 rings (SSSR count). The molecule has 0 aliphatic rings. The van der Waals surface area contributed by atoms with Crippen LogP contribution >= 0.6 is 50.7 Å². The van der Waals surface area contributed by atoms with Crippen LogP contribution in [0.15, 0.2) is 40.9 Å². The molecular weight excluding hydrogens is 368 g/mol. The highest BCUT2D eigenvalue weighted by molar-refractivity contribution is 9.10. The Labute approximate surface area is 135 Å². The van der Waals surface area contributed by atoms with E-state index in [9.17, 15) is 0 Å². The zero-order chi connectivity index (χ0) is 14.0. The van der Waals surface area contributed by atoms with E-state index in [0.717, 1.165) is 15.6 Å². The minimum atomic E-state index is -0.231. The molecule has 0 aromatic heterocycles. The summed E-state index contributed by atoms with van der Waals surface area (Å²) in [4.78, 5) is 0. The molecule has 0 radical (unpaired) electrons. The van der Waals surface area contributed by atoms with Crippen molar-refractivity contribution >= 4 is 50.7 Å². The van der Waals surface area contributed by atoms with Crippen molar-refractivity contribution in [3.05, 3.63) is 67.1 Å². The van der Waals surface area contributed by atoms with Crippen molar-refractivity contribution in [2.24, 2.45) is 5.73 Å². The molecule has 19 heavy (non-hydrogen) atoms. The lowest BCUT2D eigenvalue weighted by molar-refractivity contribution is 0.719. The quantitative estimate of drug-likeness (QED) is 0.732. The summed E-state index contributed by atoms with van der Waals surface area (Å²) in [6, 6.07) is 10.7. The van der Waals surface area contributed by atoms with E-state index >= 15 is 0 Å². The van der Waals surface area contributed by atoms with Crippen LogP contribution in [0.1, 0.15) is 17.2 Å². The number of hydrogen-bond acceptors (Lipinski definition) is 1. The van der Waals surface area contributed by atoms with Crippen molar-refractivity contribution in [2.75, 3.05) is 0 Å². The van der Waals surface area contributed by atoms with Gasteiger partial charge in [0.25, 0.3) is 0 Å². The number of benzene rings is 2. The van der Waals surface area contributed by atoms with Gasteiger partial charge in [-0.3, -0.25) is 0 Å². The molecule has 0 heterocycles. The van der Waals surface area contributed by atoms with Crippen molar-refractivity contribution in [1.29, 1.82) is 0 Å². The molecule has 100 valence electrons. The Morgan fingerprint density at radius 1 is 1.05 bits per heavy atom. The van der Waals surface area contributed by atoms with E-state index in [-0.39, 0.29) is 6.04 Å². The molecule has 0 saturated heterocycles. The topological polar surface area (TPSA) is 26.0 Å². The molecule has 0 saturated carbocycles. The standard InChI is InChI=1S/C14H11BrCl3N/c15-11-5-4-8(16)6-9(11)14(19)7-10-12(17)2-1-3-13(10)18/h1-6,14H,7,19H2. The molecule has 2 aromatic carbocycles. The minimum Gasteiger partial charge on any atom is -0.324 e. The van der Waals surface area contributed by atoms with E-state index in [1.54, 1.807) is 0 Å². The van der Waals surface area contributed by atoms with Crippen LogP contribution < -0.4 is 5.73 Å². The largest absolute Gasteiger partial charge is 0.324 e. The Hall–Kier alpha value is -0.250. The zero-order valence-corrected chi connectivity index (χ0v) is 13.7. The first-order valence-corrected chi connectivity index (χ1v) is 7.55. The van der Waals surface area contributed by atoms with Crippen molar-refractivity contribution in [3.8, 4) is 0 Å². The van der Waals surface area contributed by atoms with Gasteiger partial charge in [0.1, 0.15) is 0 Å². The van der Waals surface area contributed by atoms with E-state index in [0.29, 0.717) is 21.5 Å². The van der Waals surface area contributed by atoms with E-state index in [2.05, 4.69) is 15.9 Å². The molecule has 1 atom stereocenters. The molecule has 0 spiro atoms. The first-order valence-electron chi connectivity index (χ1n) is 5.62. The molecule has 0 aliphatic carbocycles. The summed E-state index contributed by atoms with van der Waals surface area (Å²) in [5, 5.41) is 1.90. The highest BCUT2D eigenvalue weighted by Crippen LogP contribution is 2.32. The Morgan fingerprint density at radius 2 is 1.68 bits per heavy atom. The van der Waals surface area contributed by atoms with E-state index in [1.165, 1.54) is 0 Å². The summed E-state index contributed by atoms with van der Waals surface area (Å²) in [6.07, 6.45) is 0.553. The SMILES string of the molecule is NC(Cc1c(Cl)cccc1Cl)c1cc(Cl)ccc1Br. The van der Waals surface area contributed by atoms with Crippen LogP contribution in [0.3, 0.4) is 0 Å². The normalized spacial score (nSPS) is 12.5. The Balaban J connectivity index is 2.31. The van der Waals surface area contributed by atoms with Gasteiger partial charge < -0.3 is 5.73 Å². The minimum absolute atomic E-state index is 0.231. The molecule has 0 bridgehead atoms. The molecule has 0 aliphatic heterocycles. The predicted molar refractivity (Wildman–Crippen MR) is 86.2 cm³/mol. The van der Waals surface area contributed by atoms with Crippen molar-refractivity contribution in [3.63, 3.8) is 0 Å². The molecule has 1 nitrogen and oxygen atoms in total. The average Bonchev–Trinajstić information content (AvgIpc) is 2.37. The van der Waals surface area contributed by atoms with Crippen LogP contribution in [-0.4, -0.2) is 0 Å². The van der Waals surface area contributed by atoms with Crippen LogP contribution in [0.25, 0.3) is 0 Å². The lowest BCUT2D eigenvalue weighted by Gasteiger charge is -2.16. The lowest BCUT2D eigenvalue weighted by Crippen LogP contribution is -2.14. The smallest absolute Gasteiger partial charge is 0.0453 e. The maximum absolute atomic E-state index is 6.23. The fraction of sp³-hybridized carbons (Fsp3) is 0.143. The summed E-state index contributed by atoms with van der Waals surface area (Å²) in [6.45, 7) is 0. The number of nitrogens with two attached hydrogens (primary N) is 1. The Kier molecular flexibility index (Phi) is 5.15. The highest BCUT2D eigenvalue weighted by Gasteiger charge is 2.15. The van der Waals surface area contributed by atoms with E-state index in [4.69, 9.17) is 40.5 Å². The third kappa shape index (κ3) is 3.65. The highest BCUT2D eigenvalue weighted by atomic mass is 79.9. The van der Waals surface area contributed by atoms with Crippen molar-refractivity contribution < 1.29 is 0 Å². The Bertz CT molecular complexity index is 581. The second kappa shape index (κ2) is 6.47. The van der Waals surface area contributed by atoms with Crippen molar-refractivity contribution in [1.82, 2.24) is 0 Å². The monoisotopic (exact) mass is 377 g/mol. The van der Waals surface area contributed by atoms with E-state index in [1.807, 2.05) is 36.4 Å². The number of halogens is 4. The molecule has 0 fully saturated rings. The van der Waals surface area contributed by atoms with Gasteiger partial charge in [0.2, 0.25) is 0 Å². The fourth-order valence-corrected chi connectivity index (χ4v) is 3.13. The Morgan fingerprint density at radius 3 is 2.32 bits per heavy atom. The average molecular weight is 380 g/mol. The van der Waals surface area contributed by atoms with Gasteiger partial charge in [0, 0.05) is 25.6 Å². The van der Waals surface area contributed by atoms with Gasteiger partial charge in [-0.2, -0.15) is 0 Å². The molecular formula is C14H11BrCl3N. The fourth-order valence-electron chi connectivity index (χ4n) is 1.86. The van der Waals surface area contributed by atoms with E-state index < -0.39 is 0 Å². The summed E-state index contributed by atoms with van der Waals surface area (Å²) >= 11 is 21.8. The molecule has 2 aromatic rings. The maximum Gasteiger partial charge on any atom is 0.0453 e. The van der Waals surface area contributed by atoms with Gasteiger partial charge in [-0.25, -0.2) is 0 Å². The first kappa shape index (κ1) is 15.1. The van der Waals surface area contributed by atoms with Crippen LogP contribution in [0, 0.1) is 0 Å². The maximum atomic E-state index is 6.23. The van der Waals surface area contributed by atoms with Gasteiger partial charge in [-0.15, -0.1) is 0 Å². The van der Waals surface area contributed by atoms with Crippen LogP contribution in [0.2, 0.25) is 15.1 Å². The summed E-state index contributed by atoms with van der Waals surface area (Å²) in [5.74, 6) is 0. The molecule has 0 amide bonds. The lowest BCUT2D eigenvalue weighted by atomic mass is 9.99. The first-order chi connectivity index (χ1) is 8.99. The predicted octanol–water partition coefficient (Wildman–Crippen LogP) is 5.65.